The summed E-state index contributed by atoms with van der Waals surface area (Å²) >= 11 is 12.7. The molecule has 4 nitrogen and oxygen atoms in total. The normalized spacial score (nSPS) is 10.4. The topological polar surface area (TPSA) is 80.9 Å². The van der Waals surface area contributed by atoms with Gasteiger partial charge < -0.3 is 20.1 Å². The summed E-state index contributed by atoms with van der Waals surface area (Å²) in [6.45, 7) is 21.8. The van der Waals surface area contributed by atoms with Crippen LogP contribution in [0.4, 0.5) is 0 Å². The molecule has 0 saturated heterocycles. The molecule has 16 aromatic rings. The van der Waals surface area contributed by atoms with Crippen molar-refractivity contribution in [3.05, 3.63) is 449 Å². The molecule has 0 heterocycles. The molecule has 0 fully saturated rings. The molecule has 16 aromatic carbocycles. The molecule has 0 atom stereocenters. The van der Waals surface area contributed by atoms with Crippen LogP contribution in [0.5, 0.6) is 0 Å². The van der Waals surface area contributed by atoms with Gasteiger partial charge in [0, 0.05) is 17.0 Å². The fourth-order valence-corrected chi connectivity index (χ4v) is 16.7. The summed E-state index contributed by atoms with van der Waals surface area (Å²) < 4.78 is 4.72. The van der Waals surface area contributed by atoms with Crippen LogP contribution >= 0.6 is 70.4 Å². The van der Waals surface area contributed by atoms with Crippen molar-refractivity contribution in [1.82, 2.24) is 0 Å². The molecule has 4 N–H and O–H groups in total. The van der Waals surface area contributed by atoms with Gasteiger partial charge in [-0.25, -0.2) is 0 Å². The van der Waals surface area contributed by atoms with E-state index in [0.29, 0.717) is 10.9 Å². The molecule has 0 unspecified atom stereocenters. The third-order valence-electron chi connectivity index (χ3n) is 22.4. The number of rotatable bonds is 23. The molecule has 0 spiro atoms. The maximum Gasteiger partial charge on any atom is 0.488 e. The molecule has 0 amide bonds. The van der Waals surface area contributed by atoms with Crippen LogP contribution in [-0.4, -0.2) is 34.3 Å². The second-order valence-electron chi connectivity index (χ2n) is 32.4. The molecule has 129 heavy (non-hydrogen) atoms. The van der Waals surface area contributed by atoms with Gasteiger partial charge in [0.2, 0.25) is 0 Å². The van der Waals surface area contributed by atoms with Crippen molar-refractivity contribution in [2.24, 2.45) is 0 Å². The first-order chi connectivity index (χ1) is 62.1. The molecule has 0 aliphatic carbocycles. The molecule has 0 aliphatic heterocycles. The van der Waals surface area contributed by atoms with Gasteiger partial charge in [-0.2, -0.15) is 0 Å². The number of benzene rings is 16. The van der Waals surface area contributed by atoms with Crippen LogP contribution in [0.3, 0.4) is 0 Å². The number of halogens is 4. The van der Waals surface area contributed by atoms with Gasteiger partial charge >= 0.3 is 14.2 Å². The molecular weight excluding hydrogens is 1880 g/mol. The van der Waals surface area contributed by atoms with Gasteiger partial charge in [-0.3, -0.25) is 0 Å². The van der Waals surface area contributed by atoms with Crippen molar-refractivity contribution in [3.63, 3.8) is 0 Å². The second-order valence-corrected chi connectivity index (χ2v) is 36.3. The minimum atomic E-state index is -1.40. The Balaban J connectivity index is 0.000000172. The zero-order chi connectivity index (χ0) is 91.1. The van der Waals surface area contributed by atoms with E-state index in [1.165, 1.54) is 169 Å². The standard InChI is InChI=1S/C22H21Br.2C22H22.2C15H17BO2.C15H15Br.C7H6BrI.CH4/c1-3-4-17-5-7-18(8-6-17)19-9-11-20(12-10-19)22-14-13-21(23)15-16(22)2;2*1-3-6-18-9-11-19(12-10-18)20-13-15-21(16-14-20)22-8-5-4-7-17(22)2;2*1-2-3-12-4-6-13(7-5-12)14-8-10-15(11-9-14)16(17)18;1-2-3-12-4-6-13(7-5-12)14-8-10-15(16)11-9-14;1-5-4-6(8)2-3-7(5)9;/h5-15H,3-4H2,1-2H3;2*4-5,7-16H,3,6H2,1-2H3;2*4-11,17-18H,2-3H2,1H3;4-11H,2-3H2,1H3;2-4H,1H3;1H4. The molecule has 658 valence electrons. The van der Waals surface area contributed by atoms with Crippen LogP contribution in [0.25, 0.3) is 100 Å². The lowest BCUT2D eigenvalue weighted by molar-refractivity contribution is 0.424. The van der Waals surface area contributed by atoms with Crippen molar-refractivity contribution in [1.29, 1.82) is 0 Å². The summed E-state index contributed by atoms with van der Waals surface area (Å²) in [6.07, 6.45) is 14.0. The molecule has 0 bridgehead atoms. The van der Waals surface area contributed by atoms with Crippen molar-refractivity contribution >= 4 is 95.5 Å². The maximum atomic E-state index is 9.04. The van der Waals surface area contributed by atoms with Crippen molar-refractivity contribution < 1.29 is 20.1 Å². The zero-order valence-corrected chi connectivity index (χ0v) is 82.7. The van der Waals surface area contributed by atoms with E-state index in [1.54, 1.807) is 24.3 Å². The van der Waals surface area contributed by atoms with Crippen LogP contribution in [0.2, 0.25) is 0 Å². The summed E-state index contributed by atoms with van der Waals surface area (Å²) in [6, 6.07) is 132. The third-order valence-corrected chi connectivity index (χ3v) is 25.1. The van der Waals surface area contributed by atoms with E-state index in [9.17, 15) is 0 Å². The Bertz CT molecular complexity index is 5720. The van der Waals surface area contributed by atoms with Crippen LogP contribution in [-0.2, 0) is 38.5 Å². The average Bonchev–Trinajstić information content (AvgIpc) is 0.832. The quantitative estimate of drug-likeness (QED) is 0.0380. The summed E-state index contributed by atoms with van der Waals surface area (Å²) in [7, 11) is -2.79. The van der Waals surface area contributed by atoms with Gasteiger partial charge in [0.25, 0.3) is 0 Å². The highest BCUT2D eigenvalue weighted by Crippen LogP contribution is 2.34. The minimum absolute atomic E-state index is 0. The Morgan fingerprint density at radius 1 is 0.209 bits per heavy atom. The molecule has 0 aromatic heterocycles. The Hall–Kier alpha value is -10.3. The van der Waals surface area contributed by atoms with Crippen molar-refractivity contribution in [2.45, 2.75) is 154 Å². The van der Waals surface area contributed by atoms with Crippen LogP contribution in [0.15, 0.2) is 390 Å². The van der Waals surface area contributed by atoms with Crippen LogP contribution in [0, 0.1) is 31.3 Å². The second kappa shape index (κ2) is 54.3. The van der Waals surface area contributed by atoms with Crippen molar-refractivity contribution in [2.75, 3.05) is 0 Å². The lowest BCUT2D eigenvalue weighted by atomic mass is 9.80. The van der Waals surface area contributed by atoms with E-state index in [1.807, 2.05) is 24.3 Å². The predicted octanol–water partition coefficient (Wildman–Crippen LogP) is 32.6. The smallest absolute Gasteiger partial charge is 0.423 e. The number of aryl methyl sites for hydroxylation is 10. The van der Waals surface area contributed by atoms with Gasteiger partial charge in [0.15, 0.2) is 0 Å². The number of hydrogen-bond donors (Lipinski definition) is 4. The lowest BCUT2D eigenvalue weighted by Crippen LogP contribution is -2.29. The summed E-state index contributed by atoms with van der Waals surface area (Å²) in [4.78, 5) is 0. The van der Waals surface area contributed by atoms with E-state index in [4.69, 9.17) is 20.1 Å². The maximum absolute atomic E-state index is 9.04. The molecule has 0 radical (unpaired) electrons. The molecule has 0 aliphatic rings. The highest BCUT2D eigenvalue weighted by atomic mass is 127. The van der Waals surface area contributed by atoms with E-state index >= 15 is 0 Å². The monoisotopic (exact) mass is 2000 g/mol. The van der Waals surface area contributed by atoms with Gasteiger partial charge in [0.05, 0.1) is 0 Å². The Morgan fingerprint density at radius 2 is 0.395 bits per heavy atom. The average molecular weight is 2010 g/mol. The molecule has 16 rings (SSSR count). The highest BCUT2D eigenvalue weighted by Gasteiger charge is 2.14. The Kier molecular flexibility index (Phi) is 43.1. The third kappa shape index (κ3) is 32.6. The first-order valence-corrected chi connectivity index (χ1v) is 48.4. The fraction of sp³-hybridized carbons (Fsp3) is 0.193. The van der Waals surface area contributed by atoms with E-state index in [2.05, 4.69) is 467 Å². The highest BCUT2D eigenvalue weighted by molar-refractivity contribution is 14.1. The SMILES string of the molecule is C.CCCc1ccc(-c2ccc(-c3ccc(Br)cc3C)cc2)cc1.CCCc1ccc(-c2ccc(-c3ccccc3C)cc2)cc1.CCCc1ccc(-c2ccc(-c3ccccc3C)cc2)cc1.CCCc1ccc(-c2ccc(B(O)O)cc2)cc1.CCCc1ccc(-c2ccc(B(O)O)cc2)cc1.CCCc1ccc(-c2ccc(Br)cc2)cc1.Cc1cc(Br)ccc1I. The van der Waals surface area contributed by atoms with E-state index in [0.717, 1.165) is 80.6 Å². The van der Waals surface area contributed by atoms with Crippen LogP contribution < -0.4 is 10.9 Å². The first-order valence-electron chi connectivity index (χ1n) is 45.0. The molecular formula is C119H124B2Br3IO4. The summed E-state index contributed by atoms with van der Waals surface area (Å²) in [5.74, 6) is 0. The Labute approximate surface area is 811 Å². The van der Waals surface area contributed by atoms with Crippen molar-refractivity contribution in [3.8, 4) is 100 Å². The van der Waals surface area contributed by atoms with Gasteiger partial charge in [-0.05, 0) is 298 Å². The summed E-state index contributed by atoms with van der Waals surface area (Å²) in [5.41, 5.74) is 37.1. The van der Waals surface area contributed by atoms with Gasteiger partial charge in [-0.1, -0.05) is 469 Å². The van der Waals surface area contributed by atoms with Gasteiger partial charge in [0.1, 0.15) is 0 Å². The zero-order valence-electron chi connectivity index (χ0n) is 75.7. The van der Waals surface area contributed by atoms with Crippen LogP contribution in [0.1, 0.15) is 143 Å². The minimum Gasteiger partial charge on any atom is -0.423 e. The summed E-state index contributed by atoms with van der Waals surface area (Å²) in [5, 5.41) is 36.1. The predicted molar refractivity (Wildman–Crippen MR) is 579 cm³/mol. The number of hydrogen-bond acceptors (Lipinski definition) is 4. The van der Waals surface area contributed by atoms with Gasteiger partial charge in [-0.15, -0.1) is 0 Å². The fourth-order valence-electron chi connectivity index (χ4n) is 15.1. The Morgan fingerprint density at radius 3 is 0.605 bits per heavy atom. The van der Waals surface area contributed by atoms with E-state index < -0.39 is 14.2 Å². The van der Waals surface area contributed by atoms with E-state index in [-0.39, 0.29) is 7.43 Å². The largest absolute Gasteiger partial charge is 0.488 e. The lowest BCUT2D eigenvalue weighted by Gasteiger charge is -2.09. The molecule has 10 heteroatoms. The first kappa shape index (κ1) is 102. The molecule has 0 saturated carbocycles.